The first-order valence-electron chi connectivity index (χ1n) is 9.13. The molecule has 1 aromatic heterocycles. The van der Waals surface area contributed by atoms with Crippen LogP contribution in [0, 0.1) is 17.5 Å². The van der Waals surface area contributed by atoms with Crippen molar-refractivity contribution in [2.75, 3.05) is 11.9 Å². The number of nitrogens with one attached hydrogen (secondary N) is 1. The second-order valence-corrected chi connectivity index (χ2v) is 9.60. The number of sulfonamides is 1. The highest BCUT2D eigenvalue weighted by molar-refractivity contribution is 7.89. The van der Waals surface area contributed by atoms with E-state index in [2.05, 4.69) is 15.5 Å². The van der Waals surface area contributed by atoms with E-state index in [1.165, 1.54) is 18.2 Å². The van der Waals surface area contributed by atoms with Crippen LogP contribution in [0.5, 0.6) is 0 Å². The highest BCUT2D eigenvalue weighted by Gasteiger charge is 2.39. The van der Waals surface area contributed by atoms with Gasteiger partial charge in [-0.15, -0.1) is 10.2 Å². The predicted molar refractivity (Wildman–Crippen MR) is 106 cm³/mol. The van der Waals surface area contributed by atoms with Crippen LogP contribution in [0.25, 0.3) is 0 Å². The summed E-state index contributed by atoms with van der Waals surface area (Å²) >= 11 is 0.855. The fourth-order valence-corrected chi connectivity index (χ4v) is 5.97. The summed E-state index contributed by atoms with van der Waals surface area (Å²) in [7, 11) is -4.35. The standard InChI is InChI=1S/C19H15F3N4O3S2/c20-11-7-8-13(22)16(10-11)31(28,29)26-9-3-6-15(26)18-24-25-19(30-18)17(27)23-14-5-2-1-4-12(14)21/h1-2,4-5,7-8,10,15H,3,6,9H2,(H,23,27). The number of halogens is 3. The van der Waals surface area contributed by atoms with Gasteiger partial charge in [0.1, 0.15) is 27.4 Å². The van der Waals surface area contributed by atoms with Gasteiger partial charge in [-0.25, -0.2) is 21.6 Å². The first-order valence-corrected chi connectivity index (χ1v) is 11.4. The van der Waals surface area contributed by atoms with Crippen LogP contribution in [0.3, 0.4) is 0 Å². The van der Waals surface area contributed by atoms with Crippen LogP contribution in [-0.2, 0) is 10.0 Å². The lowest BCUT2D eigenvalue weighted by Gasteiger charge is -2.22. The molecule has 1 aliphatic heterocycles. The first kappa shape index (κ1) is 21.4. The van der Waals surface area contributed by atoms with E-state index < -0.39 is 44.3 Å². The van der Waals surface area contributed by atoms with Crippen molar-refractivity contribution in [3.8, 4) is 0 Å². The van der Waals surface area contributed by atoms with Crippen LogP contribution in [0.1, 0.15) is 33.7 Å². The maximum absolute atomic E-state index is 14.1. The van der Waals surface area contributed by atoms with Crippen LogP contribution < -0.4 is 5.32 Å². The zero-order valence-corrected chi connectivity index (χ0v) is 17.4. The van der Waals surface area contributed by atoms with Crippen molar-refractivity contribution in [2.45, 2.75) is 23.8 Å². The molecule has 2 heterocycles. The summed E-state index contributed by atoms with van der Waals surface area (Å²) in [5, 5.41) is 10.2. The molecule has 0 spiro atoms. The van der Waals surface area contributed by atoms with E-state index in [0.717, 1.165) is 27.8 Å². The summed E-state index contributed by atoms with van der Waals surface area (Å²) in [5.41, 5.74) is -0.0316. The Balaban J connectivity index is 1.59. The maximum Gasteiger partial charge on any atom is 0.286 e. The van der Waals surface area contributed by atoms with Gasteiger partial charge in [0.2, 0.25) is 15.0 Å². The minimum absolute atomic E-state index is 0.0316. The summed E-state index contributed by atoms with van der Waals surface area (Å²) in [6, 6.07) is 7.04. The normalized spacial score (nSPS) is 17.1. The largest absolute Gasteiger partial charge is 0.317 e. The molecule has 12 heteroatoms. The van der Waals surface area contributed by atoms with Crippen molar-refractivity contribution >= 4 is 33.0 Å². The van der Waals surface area contributed by atoms with E-state index in [1.54, 1.807) is 6.07 Å². The second kappa shape index (κ2) is 8.36. The highest BCUT2D eigenvalue weighted by atomic mass is 32.2. The average Bonchev–Trinajstić information content (AvgIpc) is 3.41. The smallest absolute Gasteiger partial charge is 0.286 e. The minimum atomic E-state index is -4.35. The Labute approximate surface area is 179 Å². The molecule has 1 N–H and O–H groups in total. The van der Waals surface area contributed by atoms with Crippen molar-refractivity contribution in [3.05, 3.63) is 69.9 Å². The molecule has 0 aliphatic carbocycles. The maximum atomic E-state index is 14.1. The van der Waals surface area contributed by atoms with Crippen LogP contribution in [0.4, 0.5) is 18.9 Å². The van der Waals surface area contributed by atoms with Crippen molar-refractivity contribution in [2.24, 2.45) is 0 Å². The zero-order chi connectivity index (χ0) is 22.2. The molecule has 7 nitrogen and oxygen atoms in total. The van der Waals surface area contributed by atoms with Gasteiger partial charge < -0.3 is 5.32 Å². The van der Waals surface area contributed by atoms with Gasteiger partial charge in [0.15, 0.2) is 0 Å². The van der Waals surface area contributed by atoms with E-state index in [1.807, 2.05) is 0 Å². The number of para-hydroxylation sites is 1. The van der Waals surface area contributed by atoms with Crippen molar-refractivity contribution in [3.63, 3.8) is 0 Å². The first-order chi connectivity index (χ1) is 14.8. The Morgan fingerprint density at radius 3 is 2.65 bits per heavy atom. The fraction of sp³-hybridized carbons (Fsp3) is 0.211. The van der Waals surface area contributed by atoms with E-state index in [0.29, 0.717) is 18.9 Å². The monoisotopic (exact) mass is 468 g/mol. The number of anilines is 1. The Hall–Kier alpha value is -2.83. The second-order valence-electron chi connectivity index (χ2n) is 6.73. The van der Waals surface area contributed by atoms with Gasteiger partial charge in [-0.1, -0.05) is 23.5 Å². The van der Waals surface area contributed by atoms with Crippen molar-refractivity contribution in [1.29, 1.82) is 0 Å². The minimum Gasteiger partial charge on any atom is -0.317 e. The molecule has 1 amide bonds. The molecule has 1 atom stereocenters. The lowest BCUT2D eigenvalue weighted by atomic mass is 10.2. The van der Waals surface area contributed by atoms with Gasteiger partial charge in [0.25, 0.3) is 5.91 Å². The Morgan fingerprint density at radius 1 is 1.10 bits per heavy atom. The van der Waals surface area contributed by atoms with Crippen LogP contribution in [0.2, 0.25) is 0 Å². The van der Waals surface area contributed by atoms with Crippen LogP contribution in [0.15, 0.2) is 47.4 Å². The number of aromatic nitrogens is 2. The summed E-state index contributed by atoms with van der Waals surface area (Å²) in [4.78, 5) is 11.6. The number of amides is 1. The van der Waals surface area contributed by atoms with E-state index in [4.69, 9.17) is 0 Å². The summed E-state index contributed by atoms with van der Waals surface area (Å²) in [5.74, 6) is -3.25. The van der Waals surface area contributed by atoms with Crippen LogP contribution >= 0.6 is 11.3 Å². The number of hydrogen-bond donors (Lipinski definition) is 1. The molecular formula is C19H15F3N4O3S2. The van der Waals surface area contributed by atoms with Crippen molar-refractivity contribution in [1.82, 2.24) is 14.5 Å². The summed E-state index contributed by atoms with van der Waals surface area (Å²) in [6.45, 7) is 0.0826. The summed E-state index contributed by atoms with van der Waals surface area (Å²) in [6.07, 6.45) is 0.844. The van der Waals surface area contributed by atoms with E-state index in [-0.39, 0.29) is 22.2 Å². The van der Waals surface area contributed by atoms with Gasteiger partial charge >= 0.3 is 0 Å². The molecule has 3 aromatic rings. The molecule has 1 aliphatic rings. The number of benzene rings is 2. The average molecular weight is 468 g/mol. The zero-order valence-electron chi connectivity index (χ0n) is 15.8. The molecule has 0 saturated carbocycles. The Morgan fingerprint density at radius 2 is 1.87 bits per heavy atom. The van der Waals surface area contributed by atoms with E-state index in [9.17, 15) is 26.4 Å². The fourth-order valence-electron chi connectivity index (χ4n) is 3.28. The number of hydrogen-bond acceptors (Lipinski definition) is 6. The molecular weight excluding hydrogens is 453 g/mol. The molecule has 1 unspecified atom stereocenters. The van der Waals surface area contributed by atoms with Gasteiger partial charge in [0, 0.05) is 6.54 Å². The summed E-state index contributed by atoms with van der Waals surface area (Å²) < 4.78 is 68.4. The van der Waals surface area contributed by atoms with Gasteiger partial charge in [-0.2, -0.15) is 4.31 Å². The van der Waals surface area contributed by atoms with E-state index >= 15 is 0 Å². The Bertz CT molecular complexity index is 1250. The highest BCUT2D eigenvalue weighted by Crippen LogP contribution is 2.38. The molecule has 162 valence electrons. The molecule has 31 heavy (non-hydrogen) atoms. The molecule has 1 saturated heterocycles. The van der Waals surface area contributed by atoms with Gasteiger partial charge in [0.05, 0.1) is 11.7 Å². The quantitative estimate of drug-likeness (QED) is 0.616. The third-order valence-corrected chi connectivity index (χ3v) is 7.67. The number of rotatable bonds is 5. The number of nitrogens with zero attached hydrogens (tertiary/aromatic N) is 3. The molecule has 1 fully saturated rings. The lowest BCUT2D eigenvalue weighted by molar-refractivity contribution is 0.102. The third kappa shape index (κ3) is 4.18. The van der Waals surface area contributed by atoms with Gasteiger partial charge in [-0.05, 0) is 43.2 Å². The molecule has 4 rings (SSSR count). The molecule has 0 radical (unpaired) electrons. The Kier molecular flexibility index (Phi) is 5.77. The predicted octanol–water partition coefficient (Wildman–Crippen LogP) is 3.73. The number of carbonyl (C=O) groups is 1. The van der Waals surface area contributed by atoms with Crippen LogP contribution in [-0.4, -0.2) is 35.4 Å². The third-order valence-electron chi connectivity index (χ3n) is 4.73. The van der Waals surface area contributed by atoms with Crippen molar-refractivity contribution < 1.29 is 26.4 Å². The van der Waals surface area contributed by atoms with Gasteiger partial charge in [-0.3, -0.25) is 4.79 Å². The lowest BCUT2D eigenvalue weighted by Crippen LogP contribution is -2.31. The topological polar surface area (TPSA) is 92.3 Å². The number of carbonyl (C=O) groups excluding carboxylic acids is 1. The SMILES string of the molecule is O=C(Nc1ccccc1F)c1nnc(C2CCCN2S(=O)(=O)c2cc(F)ccc2F)s1. The molecule has 2 aromatic carbocycles. The molecule has 0 bridgehead atoms.